The summed E-state index contributed by atoms with van der Waals surface area (Å²) in [5.74, 6) is 0.683. The molecule has 0 fully saturated rings. The molecule has 0 unspecified atom stereocenters. The van der Waals surface area contributed by atoms with E-state index in [1.807, 2.05) is 0 Å². The van der Waals surface area contributed by atoms with Gasteiger partial charge in [-0.1, -0.05) is 62.7 Å². The lowest BCUT2D eigenvalue weighted by Crippen LogP contribution is -1.93. The summed E-state index contributed by atoms with van der Waals surface area (Å²) in [5.41, 5.74) is 9.01. The van der Waals surface area contributed by atoms with Crippen LogP contribution in [0, 0.1) is 0 Å². The second-order valence-corrected chi connectivity index (χ2v) is 8.64. The van der Waals surface area contributed by atoms with Crippen molar-refractivity contribution in [1.82, 2.24) is 9.55 Å². The monoisotopic (exact) mass is 430 g/mol. The summed E-state index contributed by atoms with van der Waals surface area (Å²) in [4.78, 5) is 4.87. The van der Waals surface area contributed by atoms with Crippen LogP contribution in [-0.4, -0.2) is 9.55 Å². The van der Waals surface area contributed by atoms with Gasteiger partial charge in [-0.05, 0) is 66.4 Å². The zero-order chi connectivity index (χ0) is 22.4. The Morgan fingerprint density at radius 1 is 0.788 bits per heavy atom. The molecule has 0 N–H and O–H groups in total. The van der Waals surface area contributed by atoms with Gasteiger partial charge in [0.15, 0.2) is 5.58 Å². The smallest absolute Gasteiger partial charge is 0.227 e. The molecule has 0 amide bonds. The Balaban J connectivity index is 1.45. The highest BCUT2D eigenvalue weighted by Crippen LogP contribution is 2.33. The van der Waals surface area contributed by atoms with Crippen molar-refractivity contribution in [2.45, 2.75) is 33.1 Å². The molecule has 6 aromatic rings. The van der Waals surface area contributed by atoms with Gasteiger partial charge in [0, 0.05) is 22.0 Å². The number of oxazole rings is 1. The van der Waals surface area contributed by atoms with Crippen LogP contribution in [0.3, 0.4) is 0 Å². The molecule has 0 aliphatic heterocycles. The van der Waals surface area contributed by atoms with Crippen LogP contribution in [0.25, 0.3) is 50.0 Å². The summed E-state index contributed by atoms with van der Waals surface area (Å²) in [6.45, 7) is 4.39. The van der Waals surface area contributed by atoms with Crippen molar-refractivity contribution in [2.75, 3.05) is 0 Å². The van der Waals surface area contributed by atoms with Gasteiger partial charge < -0.3 is 8.98 Å². The van der Waals surface area contributed by atoms with Gasteiger partial charge in [0.1, 0.15) is 5.52 Å². The van der Waals surface area contributed by atoms with E-state index in [0.29, 0.717) is 5.89 Å². The highest BCUT2D eigenvalue weighted by atomic mass is 16.3. The lowest BCUT2D eigenvalue weighted by molar-refractivity contribution is 0.619. The van der Waals surface area contributed by atoms with Crippen molar-refractivity contribution in [3.63, 3.8) is 0 Å². The Morgan fingerprint density at radius 3 is 2.09 bits per heavy atom. The summed E-state index contributed by atoms with van der Waals surface area (Å²) >= 11 is 0. The third-order valence-corrected chi connectivity index (χ3v) is 6.51. The van der Waals surface area contributed by atoms with Gasteiger partial charge in [-0.25, -0.2) is 4.98 Å². The van der Waals surface area contributed by atoms with Gasteiger partial charge in [-0.2, -0.15) is 0 Å². The first-order valence-corrected chi connectivity index (χ1v) is 11.8. The summed E-state index contributed by atoms with van der Waals surface area (Å²) in [5, 5.41) is 2.54. The molecule has 2 heterocycles. The number of aromatic nitrogens is 2. The Bertz CT molecular complexity index is 1550. The van der Waals surface area contributed by atoms with Gasteiger partial charge in [-0.15, -0.1) is 0 Å². The Kier molecular flexibility index (Phi) is 4.76. The fourth-order valence-electron chi connectivity index (χ4n) is 4.94. The molecule has 2 aromatic heterocycles. The molecule has 0 bridgehead atoms. The third-order valence-electron chi connectivity index (χ3n) is 6.51. The predicted octanol–water partition coefficient (Wildman–Crippen LogP) is 8.11. The SMILES string of the molecule is CCCc1cc(CC)c2nc(-c3ccc(-n4c5ccccc5c5ccccc54)cc3)oc2c1. The molecule has 3 nitrogen and oxygen atoms in total. The average molecular weight is 431 g/mol. The van der Waals surface area contributed by atoms with E-state index in [2.05, 4.69) is 103 Å². The normalized spacial score (nSPS) is 11.7. The molecular weight excluding hydrogens is 404 g/mol. The van der Waals surface area contributed by atoms with Crippen LogP contribution < -0.4 is 0 Å². The third kappa shape index (κ3) is 3.23. The number of hydrogen-bond acceptors (Lipinski definition) is 2. The van der Waals surface area contributed by atoms with E-state index in [-0.39, 0.29) is 0 Å². The highest BCUT2D eigenvalue weighted by Gasteiger charge is 2.14. The van der Waals surface area contributed by atoms with E-state index in [1.54, 1.807) is 0 Å². The summed E-state index contributed by atoms with van der Waals surface area (Å²) in [6.07, 6.45) is 3.14. The van der Waals surface area contributed by atoms with Crippen LogP contribution >= 0.6 is 0 Å². The van der Waals surface area contributed by atoms with Crippen LogP contribution in [-0.2, 0) is 12.8 Å². The van der Waals surface area contributed by atoms with E-state index >= 15 is 0 Å². The first-order valence-electron chi connectivity index (χ1n) is 11.8. The van der Waals surface area contributed by atoms with Crippen molar-refractivity contribution in [2.24, 2.45) is 0 Å². The predicted molar refractivity (Wildman–Crippen MR) is 137 cm³/mol. The van der Waals surface area contributed by atoms with E-state index in [1.165, 1.54) is 32.9 Å². The first-order chi connectivity index (χ1) is 16.3. The van der Waals surface area contributed by atoms with Crippen molar-refractivity contribution >= 4 is 32.9 Å². The molecule has 33 heavy (non-hydrogen) atoms. The molecular formula is C30H26N2O. The Hall–Kier alpha value is -3.85. The maximum absolute atomic E-state index is 6.24. The maximum atomic E-state index is 6.24. The van der Waals surface area contributed by atoms with Gasteiger partial charge in [-0.3, -0.25) is 0 Å². The van der Waals surface area contributed by atoms with Gasteiger partial charge >= 0.3 is 0 Å². The van der Waals surface area contributed by atoms with E-state index in [9.17, 15) is 0 Å². The standard InChI is InChI=1S/C30H26N2O/c1-3-9-20-18-21(4-2)29-28(19-20)33-30(31-29)22-14-16-23(17-15-22)32-26-12-7-5-10-24(26)25-11-6-8-13-27(25)32/h5-8,10-19H,3-4,9H2,1-2H3. The summed E-state index contributed by atoms with van der Waals surface area (Å²) in [6, 6.07) is 30.1. The van der Waals surface area contributed by atoms with Crippen LogP contribution in [0.1, 0.15) is 31.4 Å². The van der Waals surface area contributed by atoms with Crippen molar-refractivity contribution in [3.05, 3.63) is 96.1 Å². The fourth-order valence-corrected chi connectivity index (χ4v) is 4.94. The van der Waals surface area contributed by atoms with E-state index < -0.39 is 0 Å². The van der Waals surface area contributed by atoms with Crippen molar-refractivity contribution in [3.8, 4) is 17.1 Å². The Morgan fingerprint density at radius 2 is 1.45 bits per heavy atom. The molecule has 6 rings (SSSR count). The van der Waals surface area contributed by atoms with Crippen LogP contribution in [0.4, 0.5) is 0 Å². The molecule has 4 aromatic carbocycles. The molecule has 0 radical (unpaired) electrons. The number of aryl methyl sites for hydroxylation is 2. The average Bonchev–Trinajstić information content (AvgIpc) is 3.43. The number of fused-ring (bicyclic) bond motifs is 4. The van der Waals surface area contributed by atoms with Gasteiger partial charge in [0.05, 0.1) is 11.0 Å². The molecule has 0 atom stereocenters. The molecule has 0 saturated heterocycles. The van der Waals surface area contributed by atoms with E-state index in [4.69, 9.17) is 9.40 Å². The van der Waals surface area contributed by atoms with Crippen molar-refractivity contribution in [1.29, 1.82) is 0 Å². The fraction of sp³-hybridized carbons (Fsp3) is 0.167. The van der Waals surface area contributed by atoms with Crippen LogP contribution in [0.5, 0.6) is 0 Å². The van der Waals surface area contributed by atoms with Gasteiger partial charge in [0.25, 0.3) is 0 Å². The lowest BCUT2D eigenvalue weighted by Gasteiger charge is -2.08. The lowest BCUT2D eigenvalue weighted by atomic mass is 10.0. The van der Waals surface area contributed by atoms with Crippen LogP contribution in [0.2, 0.25) is 0 Å². The number of rotatable bonds is 5. The number of benzene rings is 4. The minimum atomic E-state index is 0.683. The van der Waals surface area contributed by atoms with Crippen molar-refractivity contribution < 1.29 is 4.42 Å². The molecule has 0 aliphatic rings. The number of nitrogens with zero attached hydrogens (tertiary/aromatic N) is 2. The molecule has 3 heteroatoms. The largest absolute Gasteiger partial charge is 0.436 e. The minimum absolute atomic E-state index is 0.683. The number of para-hydroxylation sites is 2. The zero-order valence-electron chi connectivity index (χ0n) is 19.0. The van der Waals surface area contributed by atoms with Crippen LogP contribution in [0.15, 0.2) is 89.3 Å². The molecule has 162 valence electrons. The second kappa shape index (κ2) is 7.93. The minimum Gasteiger partial charge on any atom is -0.436 e. The highest BCUT2D eigenvalue weighted by molar-refractivity contribution is 6.09. The topological polar surface area (TPSA) is 31.0 Å². The summed E-state index contributed by atoms with van der Waals surface area (Å²) < 4.78 is 8.56. The quantitative estimate of drug-likeness (QED) is 0.277. The zero-order valence-corrected chi connectivity index (χ0v) is 19.0. The summed E-state index contributed by atoms with van der Waals surface area (Å²) in [7, 11) is 0. The first kappa shape index (κ1) is 19.8. The van der Waals surface area contributed by atoms with Gasteiger partial charge in [0.2, 0.25) is 5.89 Å². The molecule has 0 saturated carbocycles. The molecule has 0 aliphatic carbocycles. The van der Waals surface area contributed by atoms with E-state index in [0.717, 1.165) is 41.6 Å². The molecule has 0 spiro atoms. The maximum Gasteiger partial charge on any atom is 0.227 e. The Labute approximate surface area is 193 Å². The second-order valence-electron chi connectivity index (χ2n) is 8.64. The number of hydrogen-bond donors (Lipinski definition) is 0.